The number of nitrogens with zero attached hydrogens (tertiary/aromatic N) is 2. The summed E-state index contributed by atoms with van der Waals surface area (Å²) in [6, 6.07) is 0.408. The van der Waals surface area contributed by atoms with Gasteiger partial charge in [0.1, 0.15) is 11.5 Å². The van der Waals surface area contributed by atoms with Crippen molar-refractivity contribution < 1.29 is 4.74 Å². The highest BCUT2D eigenvalue weighted by molar-refractivity contribution is 6.01. The molecule has 0 aromatic rings. The molecule has 0 aromatic heterocycles. The van der Waals surface area contributed by atoms with E-state index < -0.39 is 5.66 Å². The fraction of sp³-hybridized carbons (Fsp3) is 0.762. The minimum atomic E-state index is -0.564. The zero-order valence-corrected chi connectivity index (χ0v) is 17.1. The summed E-state index contributed by atoms with van der Waals surface area (Å²) in [6.45, 7) is 8.21. The molecule has 1 aliphatic carbocycles. The summed E-state index contributed by atoms with van der Waals surface area (Å²) < 4.78 is 5.52. The largest absolute Gasteiger partial charge is 0.381 e. The van der Waals surface area contributed by atoms with E-state index in [0.29, 0.717) is 29.7 Å². The van der Waals surface area contributed by atoms with Gasteiger partial charge in [-0.1, -0.05) is 13.8 Å². The first-order chi connectivity index (χ1) is 13.6. The molecule has 4 aliphatic heterocycles. The van der Waals surface area contributed by atoms with E-state index in [9.17, 15) is 0 Å². The maximum atomic E-state index is 7.28. The molecule has 2 saturated heterocycles. The predicted octanol–water partition coefficient (Wildman–Crippen LogP) is 1.27. The molecule has 1 saturated carbocycles. The zero-order chi connectivity index (χ0) is 19.3. The molecule has 5 N–H and O–H groups in total. The third-order valence-corrected chi connectivity index (χ3v) is 7.27. The van der Waals surface area contributed by atoms with Crippen molar-refractivity contribution in [3.05, 3.63) is 23.7 Å². The van der Waals surface area contributed by atoms with Crippen LogP contribution in [0.5, 0.6) is 0 Å². The molecule has 5 rings (SSSR count). The second-order valence-corrected chi connectivity index (χ2v) is 9.38. The lowest BCUT2D eigenvalue weighted by molar-refractivity contribution is 0.0512. The van der Waals surface area contributed by atoms with Crippen molar-refractivity contribution in [3.8, 4) is 0 Å². The lowest BCUT2D eigenvalue weighted by atomic mass is 9.75. The standard InChI is InChI=1S/C21H34N6O/c1-13(2)17-12-24-27-20(17)26-18(25-16-5-7-28-8-6-16)9-21(27,22)19-14-3-4-15(19)11-23-10-14/h9,12-16,19,23-25H,3-8,10-11,22H2,1-2H3. The number of rotatable bonds is 4. The van der Waals surface area contributed by atoms with Crippen molar-refractivity contribution in [1.82, 2.24) is 21.1 Å². The lowest BCUT2D eigenvalue weighted by Gasteiger charge is -2.49. The number of hydrazine groups is 1. The Bertz CT molecular complexity index is 694. The number of ether oxygens (including phenoxy) is 1. The molecule has 3 atom stereocenters. The van der Waals surface area contributed by atoms with Crippen LogP contribution < -0.4 is 21.8 Å². The number of nitrogens with two attached hydrogens (primary N) is 1. The van der Waals surface area contributed by atoms with Crippen molar-refractivity contribution in [2.24, 2.45) is 34.4 Å². The SMILES string of the molecule is CC(C)C1=CNN2C1=NC(NC1CCOCC1)=CC2(N)C1C2CCC1CNC2. The summed E-state index contributed by atoms with van der Waals surface area (Å²) in [4.78, 5) is 5.03. The van der Waals surface area contributed by atoms with Crippen molar-refractivity contribution >= 4 is 5.84 Å². The molecular weight excluding hydrogens is 352 g/mol. The van der Waals surface area contributed by atoms with E-state index in [2.05, 4.69) is 47.2 Å². The van der Waals surface area contributed by atoms with Crippen LogP contribution in [0.4, 0.5) is 0 Å². The monoisotopic (exact) mass is 386 g/mol. The van der Waals surface area contributed by atoms with Gasteiger partial charge in [-0.2, -0.15) is 0 Å². The van der Waals surface area contributed by atoms with Gasteiger partial charge in [0.25, 0.3) is 0 Å². The zero-order valence-electron chi connectivity index (χ0n) is 17.1. The maximum absolute atomic E-state index is 7.28. The number of piperidine rings is 1. The molecular formula is C21H34N6O. The van der Waals surface area contributed by atoms with Crippen LogP contribution in [0.25, 0.3) is 0 Å². The number of amidine groups is 1. The molecule has 2 bridgehead atoms. The molecule has 5 aliphatic rings. The van der Waals surface area contributed by atoms with Crippen molar-refractivity contribution in [2.75, 3.05) is 26.3 Å². The number of aliphatic imine (C=N–C) groups is 1. The van der Waals surface area contributed by atoms with Crippen LogP contribution in [0.3, 0.4) is 0 Å². The van der Waals surface area contributed by atoms with E-state index in [1.54, 1.807) is 0 Å². The van der Waals surface area contributed by atoms with Crippen LogP contribution in [0.15, 0.2) is 28.7 Å². The van der Waals surface area contributed by atoms with Gasteiger partial charge in [0.15, 0.2) is 5.84 Å². The molecule has 7 heteroatoms. The van der Waals surface area contributed by atoms with E-state index in [1.807, 2.05) is 0 Å². The Morgan fingerprint density at radius 2 is 1.93 bits per heavy atom. The normalized spacial score (nSPS) is 37.9. The highest BCUT2D eigenvalue weighted by Gasteiger charge is 2.55. The van der Waals surface area contributed by atoms with Gasteiger partial charge in [-0.05, 0) is 56.5 Å². The second kappa shape index (κ2) is 7.04. The van der Waals surface area contributed by atoms with E-state index in [0.717, 1.165) is 50.8 Å². The third kappa shape index (κ3) is 2.95. The fourth-order valence-electron chi connectivity index (χ4n) is 5.86. The van der Waals surface area contributed by atoms with E-state index >= 15 is 0 Å². The quantitative estimate of drug-likeness (QED) is 0.582. The Morgan fingerprint density at radius 1 is 1.21 bits per heavy atom. The molecule has 3 fully saturated rings. The van der Waals surface area contributed by atoms with Crippen LogP contribution in [0, 0.1) is 23.7 Å². The Morgan fingerprint density at radius 3 is 2.61 bits per heavy atom. The predicted molar refractivity (Wildman–Crippen MR) is 110 cm³/mol. The van der Waals surface area contributed by atoms with Gasteiger partial charge < -0.3 is 26.5 Å². The molecule has 0 radical (unpaired) electrons. The minimum absolute atomic E-state index is 0.396. The fourth-order valence-corrected chi connectivity index (χ4v) is 5.86. The molecule has 0 amide bonds. The number of fused-ring (bicyclic) bond motifs is 3. The van der Waals surface area contributed by atoms with Gasteiger partial charge in [-0.3, -0.25) is 0 Å². The molecule has 4 heterocycles. The van der Waals surface area contributed by atoms with Gasteiger partial charge in [-0.15, -0.1) is 0 Å². The molecule has 154 valence electrons. The van der Waals surface area contributed by atoms with Crippen LogP contribution >= 0.6 is 0 Å². The Labute approximate surface area is 167 Å². The Hall–Kier alpha value is -1.57. The topological polar surface area (TPSA) is 86.9 Å². The van der Waals surface area contributed by atoms with Gasteiger partial charge >= 0.3 is 0 Å². The maximum Gasteiger partial charge on any atom is 0.156 e. The van der Waals surface area contributed by atoms with Crippen LogP contribution in [0.1, 0.15) is 39.5 Å². The van der Waals surface area contributed by atoms with Gasteiger partial charge in [-0.25, -0.2) is 10.0 Å². The summed E-state index contributed by atoms with van der Waals surface area (Å²) in [5, 5.41) is 9.45. The summed E-state index contributed by atoms with van der Waals surface area (Å²) >= 11 is 0. The van der Waals surface area contributed by atoms with Crippen LogP contribution in [-0.2, 0) is 4.74 Å². The van der Waals surface area contributed by atoms with Crippen molar-refractivity contribution in [1.29, 1.82) is 0 Å². The summed E-state index contributed by atoms with van der Waals surface area (Å²) in [5.41, 5.74) is 11.4. The smallest absolute Gasteiger partial charge is 0.156 e. The summed E-state index contributed by atoms with van der Waals surface area (Å²) in [5.74, 6) is 3.99. The number of hydrogen-bond donors (Lipinski definition) is 4. The van der Waals surface area contributed by atoms with Crippen LogP contribution in [0.2, 0.25) is 0 Å². The van der Waals surface area contributed by atoms with Gasteiger partial charge in [0.2, 0.25) is 0 Å². The van der Waals surface area contributed by atoms with E-state index in [1.165, 1.54) is 18.4 Å². The lowest BCUT2D eigenvalue weighted by Crippen LogP contribution is -2.68. The number of nitrogens with one attached hydrogen (secondary N) is 3. The average Bonchev–Trinajstić information content (AvgIpc) is 3.22. The first-order valence-electron chi connectivity index (χ1n) is 11.0. The van der Waals surface area contributed by atoms with Crippen molar-refractivity contribution in [2.45, 2.75) is 51.2 Å². The highest BCUT2D eigenvalue weighted by atomic mass is 16.5. The molecule has 3 unspecified atom stereocenters. The summed E-state index contributed by atoms with van der Waals surface area (Å²) in [7, 11) is 0. The molecule has 7 nitrogen and oxygen atoms in total. The van der Waals surface area contributed by atoms with Crippen LogP contribution in [-0.4, -0.2) is 48.9 Å². The van der Waals surface area contributed by atoms with Gasteiger partial charge in [0, 0.05) is 43.0 Å². The first kappa shape index (κ1) is 18.5. The van der Waals surface area contributed by atoms with E-state index in [4.69, 9.17) is 15.5 Å². The number of hydrogen-bond acceptors (Lipinski definition) is 7. The minimum Gasteiger partial charge on any atom is -0.381 e. The molecule has 0 spiro atoms. The molecule has 0 aromatic carbocycles. The summed E-state index contributed by atoms with van der Waals surface area (Å²) in [6.07, 6.45) is 8.88. The Kier molecular flexibility index (Phi) is 4.64. The highest BCUT2D eigenvalue weighted by Crippen LogP contribution is 2.47. The molecule has 28 heavy (non-hydrogen) atoms. The van der Waals surface area contributed by atoms with E-state index in [-0.39, 0.29) is 0 Å². The Balaban J connectivity index is 1.50. The first-order valence-corrected chi connectivity index (χ1v) is 11.0. The van der Waals surface area contributed by atoms with Gasteiger partial charge in [0.05, 0.1) is 0 Å². The third-order valence-electron chi connectivity index (χ3n) is 7.27. The average molecular weight is 387 g/mol. The van der Waals surface area contributed by atoms with Crippen molar-refractivity contribution in [3.63, 3.8) is 0 Å². The second-order valence-electron chi connectivity index (χ2n) is 9.38.